The molecule has 1 aromatic carbocycles. The van der Waals surface area contributed by atoms with E-state index in [4.69, 9.17) is 14.8 Å². The van der Waals surface area contributed by atoms with Crippen LogP contribution < -0.4 is 4.74 Å². The van der Waals surface area contributed by atoms with E-state index in [-0.39, 0.29) is 29.9 Å². The van der Waals surface area contributed by atoms with Crippen LogP contribution in [0.2, 0.25) is 0 Å². The number of pyridine rings is 2. The predicted molar refractivity (Wildman–Crippen MR) is 162 cm³/mol. The van der Waals surface area contributed by atoms with Crippen LogP contribution >= 0.6 is 11.3 Å². The van der Waals surface area contributed by atoms with Crippen molar-refractivity contribution in [2.75, 3.05) is 13.2 Å². The first kappa shape index (κ1) is 29.1. The summed E-state index contributed by atoms with van der Waals surface area (Å²) in [5, 5.41) is 26.7. The lowest BCUT2D eigenvalue weighted by Crippen LogP contribution is -2.40. The van der Waals surface area contributed by atoms with E-state index in [2.05, 4.69) is 17.6 Å². The molecule has 0 unspecified atom stereocenters. The van der Waals surface area contributed by atoms with Gasteiger partial charge in [0.25, 0.3) is 0 Å². The smallest absolute Gasteiger partial charge is 0.246 e. The molecular formula is C32H26F2N6O3S. The van der Waals surface area contributed by atoms with Crippen molar-refractivity contribution in [2.45, 2.75) is 32.5 Å². The highest BCUT2D eigenvalue weighted by molar-refractivity contribution is 7.18. The molecule has 1 N–H and O–H groups in total. The van der Waals surface area contributed by atoms with E-state index < -0.39 is 17.7 Å². The first-order valence-electron chi connectivity index (χ1n) is 13.8. The Morgan fingerprint density at radius 3 is 2.82 bits per heavy atom. The summed E-state index contributed by atoms with van der Waals surface area (Å²) in [7, 11) is 0. The van der Waals surface area contributed by atoms with Crippen LogP contribution in [0.15, 0.2) is 60.8 Å². The lowest BCUT2D eigenvalue weighted by molar-refractivity contribution is -0.129. The van der Waals surface area contributed by atoms with E-state index in [9.17, 15) is 19.6 Å². The molecule has 0 bridgehead atoms. The number of ether oxygens (including phenoxy) is 1. The molecular weight excluding hydrogens is 586 g/mol. The Balaban J connectivity index is 1.65. The van der Waals surface area contributed by atoms with Crippen LogP contribution in [-0.2, 0) is 11.3 Å². The third kappa shape index (κ3) is 5.10. The van der Waals surface area contributed by atoms with Gasteiger partial charge < -0.3 is 14.7 Å². The number of thiophene rings is 1. The number of nitriles is 1. The van der Waals surface area contributed by atoms with E-state index >= 15 is 4.39 Å². The highest BCUT2D eigenvalue weighted by atomic mass is 32.1. The summed E-state index contributed by atoms with van der Waals surface area (Å²) < 4.78 is 38.6. The SMILES string of the molecule is C=CC(=O)N1CCn2nc(-c3nc(-c4cncc(C#N)c4)c4ccsc4c3-c3c(F)cc(F)cc3OC[C@@H](C)O)cc2[C@@H]1C. The first-order chi connectivity index (χ1) is 21.2. The third-order valence-electron chi connectivity index (χ3n) is 7.46. The molecule has 12 heteroatoms. The maximum atomic E-state index is 15.9. The van der Waals surface area contributed by atoms with Gasteiger partial charge in [0, 0.05) is 52.3 Å². The van der Waals surface area contributed by atoms with Gasteiger partial charge in [0.15, 0.2) is 0 Å². The maximum absolute atomic E-state index is 15.9. The van der Waals surface area contributed by atoms with Crippen molar-refractivity contribution < 1.29 is 23.4 Å². The van der Waals surface area contributed by atoms with Gasteiger partial charge in [0.1, 0.15) is 41.4 Å². The third-order valence-corrected chi connectivity index (χ3v) is 8.39. The number of benzene rings is 1. The van der Waals surface area contributed by atoms with Crippen molar-refractivity contribution in [3.8, 4) is 45.6 Å². The average Bonchev–Trinajstić information content (AvgIpc) is 3.68. The molecule has 9 nitrogen and oxygen atoms in total. The summed E-state index contributed by atoms with van der Waals surface area (Å²) in [6.07, 6.45) is 3.43. The lowest BCUT2D eigenvalue weighted by Gasteiger charge is -2.33. The Morgan fingerprint density at radius 1 is 1.25 bits per heavy atom. The molecule has 222 valence electrons. The lowest BCUT2D eigenvalue weighted by atomic mass is 9.96. The number of carbonyl (C=O) groups excluding carboxylic acids is 1. The molecule has 0 aliphatic carbocycles. The Hall–Kier alpha value is -4.99. The van der Waals surface area contributed by atoms with Crippen LogP contribution in [0.4, 0.5) is 8.78 Å². The average molecular weight is 613 g/mol. The van der Waals surface area contributed by atoms with Crippen molar-refractivity contribution in [1.82, 2.24) is 24.6 Å². The number of carbonyl (C=O) groups is 1. The first-order valence-corrected chi connectivity index (χ1v) is 14.7. The summed E-state index contributed by atoms with van der Waals surface area (Å²) >= 11 is 1.34. The fraction of sp³-hybridized carbons (Fsp3) is 0.219. The number of fused-ring (bicyclic) bond motifs is 2. The molecule has 44 heavy (non-hydrogen) atoms. The van der Waals surface area contributed by atoms with Crippen LogP contribution in [0.25, 0.3) is 43.9 Å². The van der Waals surface area contributed by atoms with Crippen molar-refractivity contribution in [1.29, 1.82) is 5.26 Å². The molecule has 5 heterocycles. The summed E-state index contributed by atoms with van der Waals surface area (Å²) in [5.41, 5.74) is 3.17. The molecule has 2 atom stereocenters. The van der Waals surface area contributed by atoms with Gasteiger partial charge in [-0.1, -0.05) is 6.58 Å². The number of aliphatic hydroxyl groups excluding tert-OH is 1. The zero-order valence-electron chi connectivity index (χ0n) is 23.8. The van der Waals surface area contributed by atoms with Crippen molar-refractivity contribution in [3.05, 3.63) is 83.7 Å². The summed E-state index contributed by atoms with van der Waals surface area (Å²) in [6.45, 7) is 7.66. The molecule has 1 aliphatic rings. The molecule has 1 aliphatic heterocycles. The van der Waals surface area contributed by atoms with E-state index in [0.29, 0.717) is 56.9 Å². The van der Waals surface area contributed by atoms with Gasteiger partial charge in [-0.05, 0) is 43.5 Å². The van der Waals surface area contributed by atoms with E-state index in [1.807, 2.05) is 24.4 Å². The molecule has 0 saturated heterocycles. The summed E-state index contributed by atoms with van der Waals surface area (Å²) in [6, 6.07) is 8.95. The minimum atomic E-state index is -0.890. The molecule has 1 amide bonds. The Bertz CT molecular complexity index is 1980. The number of halogens is 2. The topological polar surface area (TPSA) is 117 Å². The van der Waals surface area contributed by atoms with Crippen molar-refractivity contribution >= 4 is 27.3 Å². The zero-order chi connectivity index (χ0) is 31.1. The Kier molecular flexibility index (Phi) is 7.67. The number of aromatic nitrogens is 4. The van der Waals surface area contributed by atoms with Crippen LogP contribution in [-0.4, -0.2) is 54.9 Å². The fourth-order valence-electron chi connectivity index (χ4n) is 5.45. The van der Waals surface area contributed by atoms with Crippen LogP contribution in [0, 0.1) is 23.0 Å². The summed E-state index contributed by atoms with van der Waals surface area (Å²) in [5.74, 6) is -2.00. The monoisotopic (exact) mass is 612 g/mol. The van der Waals surface area contributed by atoms with Gasteiger partial charge in [0.2, 0.25) is 5.91 Å². The molecule has 6 rings (SSSR count). The van der Waals surface area contributed by atoms with Crippen molar-refractivity contribution in [3.63, 3.8) is 0 Å². The number of hydrogen-bond donors (Lipinski definition) is 1. The van der Waals surface area contributed by atoms with Gasteiger partial charge in [-0.3, -0.25) is 14.5 Å². The highest BCUT2D eigenvalue weighted by Gasteiger charge is 2.31. The molecule has 4 aromatic heterocycles. The minimum Gasteiger partial charge on any atom is -0.490 e. The largest absolute Gasteiger partial charge is 0.490 e. The van der Waals surface area contributed by atoms with Gasteiger partial charge in [-0.15, -0.1) is 11.3 Å². The van der Waals surface area contributed by atoms with Gasteiger partial charge in [0.05, 0.1) is 41.2 Å². The van der Waals surface area contributed by atoms with Crippen molar-refractivity contribution in [2.24, 2.45) is 0 Å². The number of rotatable bonds is 7. The van der Waals surface area contributed by atoms with E-state index in [1.165, 1.54) is 30.5 Å². The maximum Gasteiger partial charge on any atom is 0.246 e. The number of aliphatic hydroxyl groups is 1. The number of nitrogens with zero attached hydrogens (tertiary/aromatic N) is 6. The molecule has 5 aromatic rings. The molecule has 0 fully saturated rings. The molecule has 0 radical (unpaired) electrons. The second-order valence-electron chi connectivity index (χ2n) is 10.4. The Morgan fingerprint density at radius 2 is 2.07 bits per heavy atom. The number of amides is 1. The van der Waals surface area contributed by atoms with Gasteiger partial charge >= 0.3 is 0 Å². The second-order valence-corrected chi connectivity index (χ2v) is 11.3. The van der Waals surface area contributed by atoms with E-state index in [1.54, 1.807) is 21.8 Å². The van der Waals surface area contributed by atoms with E-state index in [0.717, 1.165) is 17.8 Å². The fourth-order valence-corrected chi connectivity index (χ4v) is 6.39. The minimum absolute atomic E-state index is 0.0278. The standard InChI is InChI=1S/C32H26F2N6O3S/c1-4-27(42)39-6-7-40-25(18(39)3)12-24(38-40)31-29(28-23(34)10-21(33)11-26(28)43-16-17(2)41)32-22(5-8-44-32)30(37-31)20-9-19(13-35)14-36-15-20/h4-5,8-12,14-15,17-18,41H,1,6-7,16H2,2-3H3/t17-,18+/m1/s1. The predicted octanol–water partition coefficient (Wildman–Crippen LogP) is 5.89. The highest BCUT2D eigenvalue weighted by Crippen LogP contribution is 2.47. The summed E-state index contributed by atoms with van der Waals surface area (Å²) in [4.78, 5) is 23.4. The number of hydrogen-bond acceptors (Lipinski definition) is 8. The van der Waals surface area contributed by atoms with Crippen LogP contribution in [0.5, 0.6) is 5.75 Å². The molecule has 0 spiro atoms. The Labute approximate surface area is 255 Å². The zero-order valence-corrected chi connectivity index (χ0v) is 24.6. The van der Waals surface area contributed by atoms with Gasteiger partial charge in [-0.25, -0.2) is 13.8 Å². The molecule has 0 saturated carbocycles. The van der Waals surface area contributed by atoms with Gasteiger partial charge in [-0.2, -0.15) is 10.4 Å². The quantitative estimate of drug-likeness (QED) is 0.228. The van der Waals surface area contributed by atoms with Crippen LogP contribution in [0.3, 0.4) is 0 Å². The normalized spacial score (nSPS) is 15.1. The second kappa shape index (κ2) is 11.6. The van der Waals surface area contributed by atoms with Crippen LogP contribution in [0.1, 0.15) is 31.1 Å².